The van der Waals surface area contributed by atoms with Gasteiger partial charge >= 0.3 is 0 Å². The van der Waals surface area contributed by atoms with E-state index in [2.05, 4.69) is 20.4 Å². The van der Waals surface area contributed by atoms with Gasteiger partial charge in [-0.2, -0.15) is 5.10 Å². The standard InChI is InChI=1S/C12H15N5/c1-8-5-11(16-17(8)2)15-12-13-6-10(7-14-12)9-3-4-9/h5-7,9H,3-4H2,1-2H3,(H,13,14,15,16). The summed E-state index contributed by atoms with van der Waals surface area (Å²) in [5, 5.41) is 7.40. The molecule has 0 atom stereocenters. The van der Waals surface area contributed by atoms with Gasteiger partial charge in [-0.05, 0) is 31.2 Å². The second kappa shape index (κ2) is 3.84. The molecule has 0 bridgehead atoms. The highest BCUT2D eigenvalue weighted by Crippen LogP contribution is 2.39. The predicted molar refractivity (Wildman–Crippen MR) is 65.2 cm³/mol. The Labute approximate surface area is 99.9 Å². The molecule has 0 saturated heterocycles. The first kappa shape index (κ1) is 10.3. The monoisotopic (exact) mass is 229 g/mol. The van der Waals surface area contributed by atoms with Crippen molar-refractivity contribution in [1.82, 2.24) is 19.7 Å². The quantitative estimate of drug-likeness (QED) is 0.876. The molecule has 2 aromatic heterocycles. The van der Waals surface area contributed by atoms with Gasteiger partial charge in [0, 0.05) is 31.2 Å². The Bertz CT molecular complexity index is 505. The summed E-state index contributed by atoms with van der Waals surface area (Å²) in [5.74, 6) is 2.08. The van der Waals surface area contributed by atoms with E-state index in [0.717, 1.165) is 11.5 Å². The Kier molecular flexibility index (Phi) is 2.31. The molecule has 5 heteroatoms. The van der Waals surface area contributed by atoms with Crippen molar-refractivity contribution >= 4 is 11.8 Å². The van der Waals surface area contributed by atoms with Crippen LogP contribution in [-0.4, -0.2) is 19.7 Å². The van der Waals surface area contributed by atoms with Crippen LogP contribution in [0.25, 0.3) is 0 Å². The maximum Gasteiger partial charge on any atom is 0.228 e. The minimum absolute atomic E-state index is 0.604. The molecule has 1 aliphatic rings. The average Bonchev–Trinajstić information content (AvgIpc) is 3.09. The van der Waals surface area contributed by atoms with Crippen molar-refractivity contribution in [3.63, 3.8) is 0 Å². The van der Waals surface area contributed by atoms with Crippen LogP contribution in [0.2, 0.25) is 0 Å². The second-order valence-electron chi connectivity index (χ2n) is 4.53. The zero-order valence-electron chi connectivity index (χ0n) is 10.0. The molecular weight excluding hydrogens is 214 g/mol. The number of nitrogens with one attached hydrogen (secondary N) is 1. The fourth-order valence-electron chi connectivity index (χ4n) is 1.77. The summed E-state index contributed by atoms with van der Waals surface area (Å²) in [6.45, 7) is 2.01. The van der Waals surface area contributed by atoms with Crippen LogP contribution >= 0.6 is 0 Å². The molecule has 0 amide bonds. The maximum absolute atomic E-state index is 4.30. The van der Waals surface area contributed by atoms with Gasteiger partial charge in [-0.15, -0.1) is 0 Å². The molecular formula is C12H15N5. The molecule has 0 unspecified atom stereocenters. The third kappa shape index (κ3) is 2.13. The van der Waals surface area contributed by atoms with Crippen LogP contribution in [0.5, 0.6) is 0 Å². The Hall–Kier alpha value is -1.91. The predicted octanol–water partition coefficient (Wildman–Crippen LogP) is 2.14. The summed E-state index contributed by atoms with van der Waals surface area (Å²) in [7, 11) is 1.91. The Morgan fingerprint density at radius 3 is 2.53 bits per heavy atom. The molecule has 1 N–H and O–H groups in total. The third-order valence-corrected chi connectivity index (χ3v) is 3.07. The van der Waals surface area contributed by atoms with Gasteiger partial charge in [-0.3, -0.25) is 4.68 Å². The zero-order chi connectivity index (χ0) is 11.8. The summed E-state index contributed by atoms with van der Waals surface area (Å²) in [4.78, 5) is 8.61. The number of rotatable bonds is 3. The van der Waals surface area contributed by atoms with Gasteiger partial charge in [0.15, 0.2) is 5.82 Å². The number of nitrogens with zero attached hydrogens (tertiary/aromatic N) is 4. The molecule has 0 spiro atoms. The minimum atomic E-state index is 0.604. The van der Waals surface area contributed by atoms with Crippen molar-refractivity contribution in [2.45, 2.75) is 25.7 Å². The van der Waals surface area contributed by atoms with E-state index in [9.17, 15) is 0 Å². The molecule has 2 heterocycles. The van der Waals surface area contributed by atoms with E-state index in [1.807, 2.05) is 37.1 Å². The molecule has 3 rings (SSSR count). The molecule has 1 fully saturated rings. The fourth-order valence-corrected chi connectivity index (χ4v) is 1.77. The van der Waals surface area contributed by atoms with Gasteiger partial charge in [-0.25, -0.2) is 9.97 Å². The first-order valence-corrected chi connectivity index (χ1v) is 5.82. The van der Waals surface area contributed by atoms with Crippen molar-refractivity contribution in [3.05, 3.63) is 29.7 Å². The minimum Gasteiger partial charge on any atom is -0.307 e. The second-order valence-corrected chi connectivity index (χ2v) is 4.53. The van der Waals surface area contributed by atoms with E-state index < -0.39 is 0 Å². The van der Waals surface area contributed by atoms with E-state index in [1.165, 1.54) is 18.4 Å². The normalized spacial score (nSPS) is 14.9. The van der Waals surface area contributed by atoms with Crippen molar-refractivity contribution in [2.24, 2.45) is 7.05 Å². The third-order valence-electron chi connectivity index (χ3n) is 3.07. The number of aryl methyl sites for hydroxylation is 2. The summed E-state index contributed by atoms with van der Waals surface area (Å²) in [6.07, 6.45) is 6.36. The van der Waals surface area contributed by atoms with Crippen LogP contribution in [0.15, 0.2) is 18.5 Å². The summed E-state index contributed by atoms with van der Waals surface area (Å²) in [6, 6.07) is 1.97. The van der Waals surface area contributed by atoms with E-state index in [-0.39, 0.29) is 0 Å². The lowest BCUT2D eigenvalue weighted by Gasteiger charge is -2.01. The average molecular weight is 229 g/mol. The Balaban J connectivity index is 1.75. The summed E-state index contributed by atoms with van der Waals surface area (Å²) in [5.41, 5.74) is 2.34. The van der Waals surface area contributed by atoms with Crippen LogP contribution < -0.4 is 5.32 Å². The molecule has 0 aromatic carbocycles. The zero-order valence-corrected chi connectivity index (χ0v) is 10.0. The number of anilines is 2. The molecule has 5 nitrogen and oxygen atoms in total. The van der Waals surface area contributed by atoms with Crippen LogP contribution in [0.3, 0.4) is 0 Å². The van der Waals surface area contributed by atoms with Crippen molar-refractivity contribution < 1.29 is 0 Å². The summed E-state index contributed by atoms with van der Waals surface area (Å²) < 4.78 is 1.82. The van der Waals surface area contributed by atoms with Gasteiger partial charge in [0.1, 0.15) is 0 Å². The molecule has 88 valence electrons. The molecule has 2 aromatic rings. The van der Waals surface area contributed by atoms with Gasteiger partial charge in [0.2, 0.25) is 5.95 Å². The maximum atomic E-state index is 4.30. The van der Waals surface area contributed by atoms with Gasteiger partial charge in [0.25, 0.3) is 0 Å². The van der Waals surface area contributed by atoms with Crippen molar-refractivity contribution in [1.29, 1.82) is 0 Å². The van der Waals surface area contributed by atoms with Crippen LogP contribution in [-0.2, 0) is 7.05 Å². The number of hydrogen-bond acceptors (Lipinski definition) is 4. The van der Waals surface area contributed by atoms with E-state index >= 15 is 0 Å². The Morgan fingerprint density at radius 2 is 2.00 bits per heavy atom. The molecule has 0 radical (unpaired) electrons. The van der Waals surface area contributed by atoms with Crippen LogP contribution in [0, 0.1) is 6.92 Å². The molecule has 1 aliphatic carbocycles. The number of aromatic nitrogens is 4. The van der Waals surface area contributed by atoms with Gasteiger partial charge in [-0.1, -0.05) is 0 Å². The lowest BCUT2D eigenvalue weighted by Crippen LogP contribution is -1.99. The smallest absolute Gasteiger partial charge is 0.228 e. The fraction of sp³-hybridized carbons (Fsp3) is 0.417. The number of hydrogen-bond donors (Lipinski definition) is 1. The first-order valence-electron chi connectivity index (χ1n) is 5.82. The van der Waals surface area contributed by atoms with Crippen LogP contribution in [0.1, 0.15) is 30.0 Å². The SMILES string of the molecule is Cc1cc(Nc2ncc(C3CC3)cn2)nn1C. The highest BCUT2D eigenvalue weighted by molar-refractivity contribution is 5.47. The highest BCUT2D eigenvalue weighted by atomic mass is 15.3. The van der Waals surface area contributed by atoms with E-state index in [0.29, 0.717) is 11.9 Å². The van der Waals surface area contributed by atoms with E-state index in [4.69, 9.17) is 0 Å². The first-order chi connectivity index (χ1) is 8.22. The summed E-state index contributed by atoms with van der Waals surface area (Å²) >= 11 is 0. The topological polar surface area (TPSA) is 55.6 Å². The van der Waals surface area contributed by atoms with Gasteiger partial charge in [0.05, 0.1) is 0 Å². The molecule has 1 saturated carbocycles. The van der Waals surface area contributed by atoms with Crippen molar-refractivity contribution in [2.75, 3.05) is 5.32 Å². The van der Waals surface area contributed by atoms with Crippen LogP contribution in [0.4, 0.5) is 11.8 Å². The molecule has 17 heavy (non-hydrogen) atoms. The van der Waals surface area contributed by atoms with E-state index in [1.54, 1.807) is 0 Å². The largest absolute Gasteiger partial charge is 0.307 e. The lowest BCUT2D eigenvalue weighted by molar-refractivity contribution is 0.742. The van der Waals surface area contributed by atoms with Gasteiger partial charge < -0.3 is 5.32 Å². The highest BCUT2D eigenvalue weighted by Gasteiger charge is 2.23. The van der Waals surface area contributed by atoms with Crippen molar-refractivity contribution in [3.8, 4) is 0 Å². The molecule has 0 aliphatic heterocycles. The Morgan fingerprint density at radius 1 is 1.29 bits per heavy atom. The lowest BCUT2D eigenvalue weighted by atomic mass is 10.2.